The predicted molar refractivity (Wildman–Crippen MR) is 82.0 cm³/mol. The van der Waals surface area contributed by atoms with E-state index in [1.807, 2.05) is 29.3 Å². The first-order valence-corrected chi connectivity index (χ1v) is 8.20. The highest BCUT2D eigenvalue weighted by atomic mass is 32.1. The van der Waals surface area contributed by atoms with Gasteiger partial charge >= 0.3 is 0 Å². The van der Waals surface area contributed by atoms with Gasteiger partial charge in [0.05, 0.1) is 16.9 Å². The summed E-state index contributed by atoms with van der Waals surface area (Å²) in [5.41, 5.74) is 3.87. The van der Waals surface area contributed by atoms with Crippen molar-refractivity contribution in [3.05, 3.63) is 33.0 Å². The lowest BCUT2D eigenvalue weighted by atomic mass is 9.98. The Morgan fingerprint density at radius 3 is 3.05 bits per heavy atom. The van der Waals surface area contributed by atoms with Gasteiger partial charge in [-0.3, -0.25) is 4.68 Å². The Hall–Kier alpha value is -1.20. The topological polar surface area (TPSA) is 42.7 Å². The van der Waals surface area contributed by atoms with Gasteiger partial charge in [-0.15, -0.1) is 11.3 Å². The average Bonchev–Trinajstić information content (AvgIpc) is 3.02. The van der Waals surface area contributed by atoms with Crippen LogP contribution in [-0.2, 0) is 26.4 Å². The molecule has 0 aliphatic heterocycles. The van der Waals surface area contributed by atoms with E-state index in [1.165, 1.54) is 39.7 Å². The van der Waals surface area contributed by atoms with Crippen molar-refractivity contribution in [3.8, 4) is 0 Å². The highest BCUT2D eigenvalue weighted by molar-refractivity contribution is 7.11. The molecule has 0 saturated heterocycles. The number of thiazole rings is 1. The molecule has 0 amide bonds. The van der Waals surface area contributed by atoms with Crippen LogP contribution < -0.4 is 5.32 Å². The van der Waals surface area contributed by atoms with Gasteiger partial charge in [-0.05, 0) is 32.6 Å². The minimum Gasteiger partial charge on any atom is -0.305 e. The lowest BCUT2D eigenvalue weighted by molar-refractivity contribution is 0.462. The summed E-state index contributed by atoms with van der Waals surface area (Å²) in [4.78, 5) is 6.23. The van der Waals surface area contributed by atoms with Crippen LogP contribution in [0.4, 0.5) is 0 Å². The van der Waals surface area contributed by atoms with E-state index >= 15 is 0 Å². The van der Waals surface area contributed by atoms with Crippen molar-refractivity contribution in [3.63, 3.8) is 0 Å². The lowest BCUT2D eigenvalue weighted by Gasteiger charge is -2.22. The Morgan fingerprint density at radius 1 is 1.50 bits per heavy atom. The standard InChI is InChI=1S/C15H22N4S/c1-4-14-18-13-7-5-6-12(15(13)20-14)16-8-11-9-17-19(3)10(11)2/h9,12,16H,4-8H2,1-3H3. The molecule has 0 bridgehead atoms. The quantitative estimate of drug-likeness (QED) is 0.941. The number of hydrogen-bond donors (Lipinski definition) is 1. The van der Waals surface area contributed by atoms with Crippen LogP contribution in [0.1, 0.15) is 52.6 Å². The number of nitrogens with zero attached hydrogens (tertiary/aromatic N) is 3. The molecular weight excluding hydrogens is 268 g/mol. The molecule has 2 heterocycles. The maximum atomic E-state index is 4.76. The van der Waals surface area contributed by atoms with Crippen LogP contribution in [-0.4, -0.2) is 14.8 Å². The van der Waals surface area contributed by atoms with E-state index in [9.17, 15) is 0 Å². The molecule has 20 heavy (non-hydrogen) atoms. The predicted octanol–water partition coefficient (Wildman–Crippen LogP) is 2.91. The highest BCUT2D eigenvalue weighted by Gasteiger charge is 2.24. The molecule has 1 atom stereocenters. The van der Waals surface area contributed by atoms with Crippen LogP contribution in [0.3, 0.4) is 0 Å². The molecule has 2 aromatic heterocycles. The smallest absolute Gasteiger partial charge is 0.0928 e. The van der Waals surface area contributed by atoms with Gasteiger partial charge in [0, 0.05) is 35.8 Å². The monoisotopic (exact) mass is 290 g/mol. The first kappa shape index (κ1) is 13.8. The van der Waals surface area contributed by atoms with Gasteiger partial charge in [0.15, 0.2) is 0 Å². The Labute approximate surface area is 124 Å². The summed E-state index contributed by atoms with van der Waals surface area (Å²) >= 11 is 1.89. The second-order valence-electron chi connectivity index (χ2n) is 5.48. The molecule has 1 unspecified atom stereocenters. The number of rotatable bonds is 4. The van der Waals surface area contributed by atoms with Crippen LogP contribution in [0, 0.1) is 6.92 Å². The minimum absolute atomic E-state index is 0.469. The summed E-state index contributed by atoms with van der Waals surface area (Å²) in [6.45, 7) is 5.20. The number of aryl methyl sites for hydroxylation is 3. The second-order valence-corrected chi connectivity index (χ2v) is 6.59. The van der Waals surface area contributed by atoms with E-state index in [0.29, 0.717) is 6.04 Å². The van der Waals surface area contributed by atoms with Gasteiger partial charge in [0.1, 0.15) is 0 Å². The molecule has 2 aromatic rings. The number of hydrogen-bond acceptors (Lipinski definition) is 4. The lowest BCUT2D eigenvalue weighted by Crippen LogP contribution is -2.24. The third-order valence-corrected chi connectivity index (χ3v) is 5.53. The van der Waals surface area contributed by atoms with Gasteiger partial charge < -0.3 is 5.32 Å². The van der Waals surface area contributed by atoms with Crippen molar-refractivity contribution in [2.24, 2.45) is 7.05 Å². The molecule has 1 aliphatic carbocycles. The van der Waals surface area contributed by atoms with Crippen LogP contribution in [0.5, 0.6) is 0 Å². The van der Waals surface area contributed by atoms with Gasteiger partial charge in [0.2, 0.25) is 0 Å². The van der Waals surface area contributed by atoms with E-state index < -0.39 is 0 Å². The minimum atomic E-state index is 0.469. The van der Waals surface area contributed by atoms with E-state index in [-0.39, 0.29) is 0 Å². The van der Waals surface area contributed by atoms with Crippen molar-refractivity contribution >= 4 is 11.3 Å². The van der Waals surface area contributed by atoms with E-state index in [0.717, 1.165) is 19.4 Å². The number of aromatic nitrogens is 3. The molecular formula is C15H22N4S. The normalized spacial score (nSPS) is 18.2. The van der Waals surface area contributed by atoms with E-state index in [1.54, 1.807) is 0 Å². The molecule has 1 N–H and O–H groups in total. The summed E-state index contributed by atoms with van der Waals surface area (Å²) in [7, 11) is 1.99. The molecule has 0 radical (unpaired) electrons. The van der Waals surface area contributed by atoms with Gasteiger partial charge in [-0.1, -0.05) is 6.92 Å². The Morgan fingerprint density at radius 2 is 2.35 bits per heavy atom. The fourth-order valence-electron chi connectivity index (χ4n) is 2.77. The molecule has 0 spiro atoms. The Balaban J connectivity index is 1.73. The number of fused-ring (bicyclic) bond motifs is 1. The molecule has 4 nitrogen and oxygen atoms in total. The van der Waals surface area contributed by atoms with Crippen LogP contribution >= 0.6 is 11.3 Å². The maximum absolute atomic E-state index is 4.76. The first-order chi connectivity index (χ1) is 9.69. The molecule has 0 fully saturated rings. The summed E-state index contributed by atoms with van der Waals surface area (Å²) in [6.07, 6.45) is 6.62. The second kappa shape index (κ2) is 5.66. The summed E-state index contributed by atoms with van der Waals surface area (Å²) in [5.74, 6) is 0. The van der Waals surface area contributed by atoms with E-state index in [2.05, 4.69) is 24.3 Å². The first-order valence-electron chi connectivity index (χ1n) is 7.38. The zero-order valence-corrected chi connectivity index (χ0v) is 13.3. The largest absolute Gasteiger partial charge is 0.305 e. The highest BCUT2D eigenvalue weighted by Crippen LogP contribution is 2.34. The summed E-state index contributed by atoms with van der Waals surface area (Å²) in [6, 6.07) is 0.469. The fraction of sp³-hybridized carbons (Fsp3) is 0.600. The Bertz CT molecular complexity index is 599. The van der Waals surface area contributed by atoms with Gasteiger partial charge in [-0.2, -0.15) is 5.10 Å². The third-order valence-electron chi connectivity index (χ3n) is 4.17. The molecule has 108 valence electrons. The van der Waals surface area contributed by atoms with Crippen LogP contribution in [0.2, 0.25) is 0 Å². The molecule has 0 aromatic carbocycles. The van der Waals surface area contributed by atoms with Gasteiger partial charge in [-0.25, -0.2) is 4.98 Å². The third kappa shape index (κ3) is 2.52. The van der Waals surface area contributed by atoms with Crippen molar-refractivity contribution in [2.75, 3.05) is 0 Å². The number of nitrogens with one attached hydrogen (secondary N) is 1. The zero-order valence-electron chi connectivity index (χ0n) is 12.4. The van der Waals surface area contributed by atoms with Crippen LogP contribution in [0.15, 0.2) is 6.20 Å². The average molecular weight is 290 g/mol. The zero-order chi connectivity index (χ0) is 14.1. The molecule has 1 aliphatic rings. The maximum Gasteiger partial charge on any atom is 0.0928 e. The van der Waals surface area contributed by atoms with Crippen LogP contribution in [0.25, 0.3) is 0 Å². The van der Waals surface area contributed by atoms with E-state index in [4.69, 9.17) is 4.98 Å². The Kier molecular flexibility index (Phi) is 3.89. The van der Waals surface area contributed by atoms with Crippen molar-refractivity contribution in [1.82, 2.24) is 20.1 Å². The van der Waals surface area contributed by atoms with Gasteiger partial charge in [0.25, 0.3) is 0 Å². The molecule has 0 saturated carbocycles. The summed E-state index contributed by atoms with van der Waals surface area (Å²) in [5, 5.41) is 9.29. The molecule has 5 heteroatoms. The summed E-state index contributed by atoms with van der Waals surface area (Å²) < 4.78 is 1.94. The SMILES string of the molecule is CCc1nc2c(s1)C(NCc1cnn(C)c1C)CCC2. The van der Waals surface area contributed by atoms with Crippen molar-refractivity contribution < 1.29 is 0 Å². The van der Waals surface area contributed by atoms with Crippen molar-refractivity contribution in [1.29, 1.82) is 0 Å². The van der Waals surface area contributed by atoms with Crippen molar-refractivity contribution in [2.45, 2.75) is 52.1 Å². The fourth-order valence-corrected chi connectivity index (χ4v) is 3.93. The molecule has 3 rings (SSSR count).